The first-order chi connectivity index (χ1) is 14.5. The van der Waals surface area contributed by atoms with Crippen LogP contribution in [0.4, 0.5) is 5.69 Å². The zero-order chi connectivity index (χ0) is 21.1. The highest BCUT2D eigenvalue weighted by Gasteiger charge is 2.18. The summed E-state index contributed by atoms with van der Waals surface area (Å²) in [7, 11) is 0. The van der Waals surface area contributed by atoms with E-state index in [-0.39, 0.29) is 22.6 Å². The maximum atomic E-state index is 12.9. The zero-order valence-electron chi connectivity index (χ0n) is 15.7. The second-order valence-electron chi connectivity index (χ2n) is 6.59. The maximum absolute atomic E-state index is 12.9. The molecule has 148 valence electrons. The molecule has 3 aromatic carbocycles. The van der Waals surface area contributed by atoms with Gasteiger partial charge in [0.2, 0.25) is 0 Å². The molecular weight excluding hydrogens is 382 g/mol. The van der Waals surface area contributed by atoms with E-state index in [1.54, 1.807) is 30.3 Å². The predicted molar refractivity (Wildman–Crippen MR) is 113 cm³/mol. The van der Waals surface area contributed by atoms with Crippen LogP contribution in [0.1, 0.15) is 20.7 Å². The van der Waals surface area contributed by atoms with Gasteiger partial charge in [-0.1, -0.05) is 36.4 Å². The molecule has 0 saturated heterocycles. The predicted octanol–water partition coefficient (Wildman–Crippen LogP) is 5.27. The lowest BCUT2D eigenvalue weighted by Crippen LogP contribution is -2.15. The number of aromatic carboxylic acids is 1. The zero-order valence-corrected chi connectivity index (χ0v) is 15.7. The van der Waals surface area contributed by atoms with Crippen LogP contribution in [-0.4, -0.2) is 22.1 Å². The standard InChI is InChI=1S/C24H17NO5/c26-21-11-9-17(22-7-4-12-30-22)13-19(21)23(27)25-20-14-16(8-10-18(20)24(28)29)15-5-2-1-3-6-15/h1-14,26H,(H,25,27)(H,28,29). The van der Waals surface area contributed by atoms with Gasteiger partial charge in [0.15, 0.2) is 0 Å². The van der Waals surface area contributed by atoms with Gasteiger partial charge in [-0.05, 0) is 53.6 Å². The van der Waals surface area contributed by atoms with Crippen LogP contribution >= 0.6 is 0 Å². The number of hydrogen-bond donors (Lipinski definition) is 3. The number of carbonyl (C=O) groups is 2. The molecule has 6 heteroatoms. The molecule has 0 aliphatic rings. The topological polar surface area (TPSA) is 99.8 Å². The number of furan rings is 1. The van der Waals surface area contributed by atoms with Gasteiger partial charge in [-0.2, -0.15) is 0 Å². The average molecular weight is 399 g/mol. The number of amides is 1. The van der Waals surface area contributed by atoms with Gasteiger partial charge in [0.1, 0.15) is 11.5 Å². The summed E-state index contributed by atoms with van der Waals surface area (Å²) in [4.78, 5) is 24.5. The second-order valence-corrected chi connectivity index (χ2v) is 6.59. The number of rotatable bonds is 5. The summed E-state index contributed by atoms with van der Waals surface area (Å²) in [5.74, 6) is -1.48. The SMILES string of the molecule is O=C(Nc1cc(-c2ccccc2)ccc1C(=O)O)c1cc(-c2ccco2)ccc1O. The Morgan fingerprint density at radius 3 is 2.23 bits per heavy atom. The lowest BCUT2D eigenvalue weighted by molar-refractivity contribution is 0.0698. The van der Waals surface area contributed by atoms with E-state index in [2.05, 4.69) is 5.32 Å². The fourth-order valence-electron chi connectivity index (χ4n) is 3.15. The van der Waals surface area contributed by atoms with Crippen molar-refractivity contribution in [3.05, 3.63) is 96.3 Å². The van der Waals surface area contributed by atoms with E-state index in [4.69, 9.17) is 4.42 Å². The summed E-state index contributed by atoms with van der Waals surface area (Å²) in [6.45, 7) is 0. The molecule has 6 nitrogen and oxygen atoms in total. The van der Waals surface area contributed by atoms with Crippen molar-refractivity contribution in [1.82, 2.24) is 0 Å². The number of anilines is 1. The van der Waals surface area contributed by atoms with E-state index in [1.807, 2.05) is 30.3 Å². The minimum atomic E-state index is -1.17. The average Bonchev–Trinajstić information content (AvgIpc) is 3.29. The van der Waals surface area contributed by atoms with Crippen molar-refractivity contribution in [2.24, 2.45) is 0 Å². The Kier molecular flexibility index (Phi) is 5.05. The highest BCUT2D eigenvalue weighted by Crippen LogP contribution is 2.29. The number of benzene rings is 3. The van der Waals surface area contributed by atoms with Gasteiger partial charge < -0.3 is 19.9 Å². The van der Waals surface area contributed by atoms with E-state index in [0.717, 1.165) is 11.1 Å². The van der Waals surface area contributed by atoms with E-state index >= 15 is 0 Å². The lowest BCUT2D eigenvalue weighted by atomic mass is 10.0. The van der Waals surface area contributed by atoms with Crippen molar-refractivity contribution in [2.45, 2.75) is 0 Å². The minimum Gasteiger partial charge on any atom is -0.507 e. The summed E-state index contributed by atoms with van der Waals surface area (Å²) in [6.07, 6.45) is 1.51. The van der Waals surface area contributed by atoms with Gasteiger partial charge >= 0.3 is 5.97 Å². The van der Waals surface area contributed by atoms with Crippen LogP contribution in [0.2, 0.25) is 0 Å². The van der Waals surface area contributed by atoms with Crippen LogP contribution in [0.3, 0.4) is 0 Å². The Morgan fingerprint density at radius 1 is 0.767 bits per heavy atom. The molecule has 1 heterocycles. The van der Waals surface area contributed by atoms with Gasteiger partial charge in [0.05, 0.1) is 23.1 Å². The molecule has 0 radical (unpaired) electrons. The summed E-state index contributed by atoms with van der Waals surface area (Å²) >= 11 is 0. The first kappa shape index (κ1) is 19.0. The highest BCUT2D eigenvalue weighted by molar-refractivity contribution is 6.10. The molecule has 0 aliphatic carbocycles. The summed E-state index contributed by atoms with van der Waals surface area (Å²) < 4.78 is 5.34. The first-order valence-corrected chi connectivity index (χ1v) is 9.14. The normalized spacial score (nSPS) is 10.5. The minimum absolute atomic E-state index is 0.00496. The maximum Gasteiger partial charge on any atom is 0.337 e. The number of carboxylic acid groups (broad SMARTS) is 1. The largest absolute Gasteiger partial charge is 0.507 e. The van der Waals surface area contributed by atoms with Crippen LogP contribution < -0.4 is 5.32 Å². The van der Waals surface area contributed by atoms with E-state index in [1.165, 1.54) is 24.5 Å². The number of phenolic OH excluding ortho intramolecular Hbond substituents is 1. The van der Waals surface area contributed by atoms with Crippen LogP contribution in [0.15, 0.2) is 89.5 Å². The molecule has 0 saturated carbocycles. The van der Waals surface area contributed by atoms with Crippen LogP contribution in [0, 0.1) is 0 Å². The third-order valence-electron chi connectivity index (χ3n) is 4.65. The molecule has 0 aliphatic heterocycles. The summed E-state index contributed by atoms with van der Waals surface area (Å²) in [5.41, 5.74) is 2.34. The van der Waals surface area contributed by atoms with Crippen molar-refractivity contribution in [3.8, 4) is 28.2 Å². The molecule has 1 aromatic heterocycles. The van der Waals surface area contributed by atoms with E-state index in [9.17, 15) is 19.8 Å². The van der Waals surface area contributed by atoms with E-state index in [0.29, 0.717) is 11.3 Å². The van der Waals surface area contributed by atoms with Crippen molar-refractivity contribution < 1.29 is 24.2 Å². The van der Waals surface area contributed by atoms with Crippen molar-refractivity contribution in [3.63, 3.8) is 0 Å². The lowest BCUT2D eigenvalue weighted by Gasteiger charge is -2.12. The smallest absolute Gasteiger partial charge is 0.337 e. The molecule has 0 atom stereocenters. The molecule has 0 unspecified atom stereocenters. The number of nitrogens with one attached hydrogen (secondary N) is 1. The Balaban J connectivity index is 1.71. The van der Waals surface area contributed by atoms with Crippen molar-refractivity contribution >= 4 is 17.6 Å². The van der Waals surface area contributed by atoms with Gasteiger partial charge in [0.25, 0.3) is 5.91 Å². The molecule has 4 rings (SSSR count). The fraction of sp³-hybridized carbons (Fsp3) is 0. The number of phenols is 1. The van der Waals surface area contributed by atoms with Crippen LogP contribution in [0.25, 0.3) is 22.5 Å². The molecule has 0 fully saturated rings. The number of hydrogen-bond acceptors (Lipinski definition) is 4. The van der Waals surface area contributed by atoms with E-state index < -0.39 is 11.9 Å². The highest BCUT2D eigenvalue weighted by atomic mass is 16.4. The molecule has 0 bridgehead atoms. The molecule has 0 spiro atoms. The van der Waals surface area contributed by atoms with Crippen LogP contribution in [-0.2, 0) is 0 Å². The van der Waals surface area contributed by atoms with Crippen molar-refractivity contribution in [2.75, 3.05) is 5.32 Å². The Bertz CT molecular complexity index is 1210. The monoisotopic (exact) mass is 399 g/mol. The van der Waals surface area contributed by atoms with Gasteiger partial charge in [-0.25, -0.2) is 4.79 Å². The molecular formula is C24H17NO5. The third kappa shape index (κ3) is 3.79. The quantitative estimate of drug-likeness (QED) is 0.424. The Morgan fingerprint density at radius 2 is 1.53 bits per heavy atom. The molecule has 4 aromatic rings. The third-order valence-corrected chi connectivity index (χ3v) is 4.65. The Hall–Kier alpha value is -4.32. The van der Waals surface area contributed by atoms with Gasteiger partial charge in [0, 0.05) is 5.56 Å². The Labute approximate surface area is 172 Å². The molecule has 3 N–H and O–H groups in total. The first-order valence-electron chi connectivity index (χ1n) is 9.14. The summed E-state index contributed by atoms with van der Waals surface area (Å²) in [6, 6.07) is 22.1. The molecule has 1 amide bonds. The van der Waals surface area contributed by atoms with Gasteiger partial charge in [-0.3, -0.25) is 4.79 Å². The number of carbonyl (C=O) groups excluding carboxylic acids is 1. The number of aromatic hydroxyl groups is 1. The van der Waals surface area contributed by atoms with Crippen molar-refractivity contribution in [1.29, 1.82) is 0 Å². The van der Waals surface area contributed by atoms with Gasteiger partial charge in [-0.15, -0.1) is 0 Å². The molecule has 30 heavy (non-hydrogen) atoms. The van der Waals surface area contributed by atoms with Crippen LogP contribution in [0.5, 0.6) is 5.75 Å². The fourth-order valence-corrected chi connectivity index (χ4v) is 3.15. The summed E-state index contributed by atoms with van der Waals surface area (Å²) in [5, 5.41) is 22.3. The number of carboxylic acids is 1. The second kappa shape index (κ2) is 7.97.